The van der Waals surface area contributed by atoms with Gasteiger partial charge in [0, 0.05) is 11.5 Å². The number of hydrogen-bond donors (Lipinski definition) is 0. The van der Waals surface area contributed by atoms with Gasteiger partial charge in [-0.3, -0.25) is 9.48 Å². The predicted molar refractivity (Wildman–Crippen MR) is 70.9 cm³/mol. The van der Waals surface area contributed by atoms with E-state index >= 15 is 0 Å². The highest BCUT2D eigenvalue weighted by atomic mass is 19.3. The van der Waals surface area contributed by atoms with E-state index in [2.05, 4.69) is 9.84 Å². The molecule has 1 aromatic carbocycles. The highest BCUT2D eigenvalue weighted by Gasteiger charge is 2.45. The van der Waals surface area contributed by atoms with E-state index in [0.29, 0.717) is 0 Å². The van der Waals surface area contributed by atoms with Gasteiger partial charge in [-0.2, -0.15) is 13.9 Å². The zero-order valence-corrected chi connectivity index (χ0v) is 11.9. The van der Waals surface area contributed by atoms with Crippen molar-refractivity contribution in [2.45, 2.75) is 26.3 Å². The van der Waals surface area contributed by atoms with Crippen LogP contribution in [0, 0.1) is 5.82 Å². The molecule has 0 aliphatic heterocycles. The molecule has 2 aromatic rings. The molecule has 2 rings (SSSR count). The van der Waals surface area contributed by atoms with Gasteiger partial charge in [-0.1, -0.05) is 0 Å². The summed E-state index contributed by atoms with van der Waals surface area (Å²) in [6, 6.07) is 1.67. The number of ketones is 1. The fourth-order valence-corrected chi connectivity index (χ4v) is 2.01. The highest BCUT2D eigenvalue weighted by molar-refractivity contribution is 5.85. The van der Waals surface area contributed by atoms with Gasteiger partial charge in [0.25, 0.3) is 0 Å². The average molecular weight is 314 g/mol. The third kappa shape index (κ3) is 2.81. The number of alkyl halides is 2. The van der Waals surface area contributed by atoms with Crippen LogP contribution in [0.3, 0.4) is 0 Å². The number of carbonyl (C=O) groups excluding carboxylic acids is 2. The van der Waals surface area contributed by atoms with Gasteiger partial charge in [-0.15, -0.1) is 0 Å². The topological polar surface area (TPSA) is 61.2 Å². The van der Waals surface area contributed by atoms with Gasteiger partial charge < -0.3 is 4.74 Å². The Morgan fingerprint density at radius 3 is 2.64 bits per heavy atom. The van der Waals surface area contributed by atoms with E-state index in [9.17, 15) is 22.8 Å². The normalized spacial score (nSPS) is 11.7. The van der Waals surface area contributed by atoms with E-state index in [1.165, 1.54) is 24.7 Å². The first kappa shape index (κ1) is 16.0. The van der Waals surface area contributed by atoms with Gasteiger partial charge in [0.2, 0.25) is 0 Å². The molecule has 0 unspecified atom stereocenters. The Morgan fingerprint density at radius 1 is 1.36 bits per heavy atom. The third-order valence-corrected chi connectivity index (χ3v) is 2.97. The van der Waals surface area contributed by atoms with E-state index in [4.69, 9.17) is 0 Å². The van der Waals surface area contributed by atoms with Gasteiger partial charge >= 0.3 is 11.9 Å². The zero-order chi connectivity index (χ0) is 16.5. The molecule has 0 amide bonds. The number of benzene rings is 1. The number of esters is 1. The molecule has 1 aromatic heterocycles. The minimum Gasteiger partial charge on any atom is -0.461 e. The third-order valence-electron chi connectivity index (χ3n) is 2.97. The molecule has 1 heterocycles. The molecule has 118 valence electrons. The smallest absolute Gasteiger partial charge is 0.382 e. The molecular weight excluding hydrogens is 301 g/mol. The minimum atomic E-state index is -4.10. The zero-order valence-electron chi connectivity index (χ0n) is 11.9. The number of ether oxygens (including phenoxy) is 1. The van der Waals surface area contributed by atoms with Crippen LogP contribution >= 0.6 is 0 Å². The number of hydrogen-bond acceptors (Lipinski definition) is 4. The van der Waals surface area contributed by atoms with Crippen LogP contribution < -0.4 is 0 Å². The lowest BCUT2D eigenvalue weighted by atomic mass is 10.1. The molecule has 8 heteroatoms. The lowest BCUT2D eigenvalue weighted by Gasteiger charge is -2.15. The molecule has 0 radical (unpaired) electrons. The maximum atomic E-state index is 14.0. The summed E-state index contributed by atoms with van der Waals surface area (Å²) >= 11 is 0. The first-order chi connectivity index (χ1) is 10.3. The molecule has 0 aliphatic carbocycles. The Morgan fingerprint density at radius 2 is 2.05 bits per heavy atom. The Kier molecular flexibility index (Phi) is 4.20. The minimum absolute atomic E-state index is 0.101. The van der Waals surface area contributed by atoms with Crippen molar-refractivity contribution in [1.29, 1.82) is 0 Å². The van der Waals surface area contributed by atoms with Crippen LogP contribution in [0.25, 0.3) is 10.9 Å². The summed E-state index contributed by atoms with van der Waals surface area (Å²) in [5.41, 5.74) is -0.892. The van der Waals surface area contributed by atoms with Crippen molar-refractivity contribution in [2.24, 2.45) is 0 Å². The van der Waals surface area contributed by atoms with Crippen molar-refractivity contribution in [3.8, 4) is 0 Å². The van der Waals surface area contributed by atoms with Gasteiger partial charge in [0.05, 0.1) is 30.4 Å². The SMILES string of the molecule is CCOC(=O)C(F)(F)c1cc2cnn(CC(C)=O)c2cc1F. The first-order valence-electron chi connectivity index (χ1n) is 6.47. The van der Waals surface area contributed by atoms with Crippen LogP contribution in [0.15, 0.2) is 18.3 Å². The second-order valence-corrected chi connectivity index (χ2v) is 4.69. The molecule has 0 spiro atoms. The lowest BCUT2D eigenvalue weighted by molar-refractivity contribution is -0.173. The van der Waals surface area contributed by atoms with Crippen LogP contribution in [0.5, 0.6) is 0 Å². The highest BCUT2D eigenvalue weighted by Crippen LogP contribution is 2.34. The summed E-state index contributed by atoms with van der Waals surface area (Å²) in [6.07, 6.45) is 1.22. The fourth-order valence-electron chi connectivity index (χ4n) is 2.01. The molecule has 0 fully saturated rings. The van der Waals surface area contributed by atoms with Crippen LogP contribution in [0.1, 0.15) is 19.4 Å². The van der Waals surface area contributed by atoms with Crippen LogP contribution in [-0.4, -0.2) is 28.1 Å². The Bertz CT molecular complexity index is 740. The van der Waals surface area contributed by atoms with Crippen molar-refractivity contribution in [2.75, 3.05) is 6.61 Å². The second-order valence-electron chi connectivity index (χ2n) is 4.69. The molecule has 0 bridgehead atoms. The van der Waals surface area contributed by atoms with Crippen LogP contribution in [0.2, 0.25) is 0 Å². The van der Waals surface area contributed by atoms with Gasteiger partial charge in [0.1, 0.15) is 5.82 Å². The van der Waals surface area contributed by atoms with Crippen LogP contribution in [0.4, 0.5) is 13.2 Å². The number of nitrogens with zero attached hydrogens (tertiary/aromatic N) is 2. The predicted octanol–water partition coefficient (Wildman–Crippen LogP) is 2.42. The maximum Gasteiger partial charge on any atom is 0.382 e. The van der Waals surface area contributed by atoms with Gasteiger partial charge in [-0.25, -0.2) is 9.18 Å². The second kappa shape index (κ2) is 5.78. The molecule has 0 N–H and O–H groups in total. The van der Waals surface area contributed by atoms with Crippen LogP contribution in [-0.2, 0) is 26.8 Å². The standard InChI is InChI=1S/C14H13F3N2O3/c1-3-22-13(21)14(16,17)10-4-9-6-18-19(7-8(2)20)12(9)5-11(10)15/h4-6H,3,7H2,1-2H3. The molecule has 5 nitrogen and oxygen atoms in total. The van der Waals surface area contributed by atoms with E-state index < -0.39 is 23.3 Å². The van der Waals surface area contributed by atoms with E-state index in [1.54, 1.807) is 0 Å². The molecule has 0 saturated carbocycles. The largest absolute Gasteiger partial charge is 0.461 e. The number of halogens is 3. The Labute approximate surface area is 123 Å². The number of fused-ring (bicyclic) bond motifs is 1. The quantitative estimate of drug-likeness (QED) is 0.795. The van der Waals surface area contributed by atoms with E-state index in [-0.39, 0.29) is 29.8 Å². The summed E-state index contributed by atoms with van der Waals surface area (Å²) < 4.78 is 47.4. The van der Waals surface area contributed by atoms with Crippen molar-refractivity contribution in [1.82, 2.24) is 9.78 Å². The maximum absolute atomic E-state index is 14.0. The Hall–Kier alpha value is -2.38. The van der Waals surface area contributed by atoms with E-state index in [0.717, 1.165) is 12.1 Å². The molecule has 0 aliphatic rings. The van der Waals surface area contributed by atoms with Gasteiger partial charge in [-0.05, 0) is 19.9 Å². The summed E-state index contributed by atoms with van der Waals surface area (Å²) in [5, 5.41) is 4.04. The molecule has 0 saturated heterocycles. The van der Waals surface area contributed by atoms with E-state index in [1.807, 2.05) is 0 Å². The molecule has 22 heavy (non-hydrogen) atoms. The Balaban J connectivity index is 2.51. The summed E-state index contributed by atoms with van der Waals surface area (Å²) in [4.78, 5) is 22.4. The molecule has 0 atom stereocenters. The first-order valence-corrected chi connectivity index (χ1v) is 6.47. The van der Waals surface area contributed by atoms with Crippen molar-refractivity contribution >= 4 is 22.7 Å². The van der Waals surface area contributed by atoms with Crippen molar-refractivity contribution < 1.29 is 27.5 Å². The molecular formula is C14H13F3N2O3. The lowest BCUT2D eigenvalue weighted by Crippen LogP contribution is -2.29. The number of aromatic nitrogens is 2. The summed E-state index contributed by atoms with van der Waals surface area (Å²) in [5.74, 6) is -7.40. The number of rotatable bonds is 5. The van der Waals surface area contributed by atoms with Gasteiger partial charge in [0.15, 0.2) is 5.78 Å². The monoisotopic (exact) mass is 314 g/mol. The summed E-state index contributed by atoms with van der Waals surface area (Å²) in [6.45, 7) is 2.36. The van der Waals surface area contributed by atoms with Crippen molar-refractivity contribution in [3.63, 3.8) is 0 Å². The number of carbonyl (C=O) groups is 2. The summed E-state index contributed by atoms with van der Waals surface area (Å²) in [7, 11) is 0. The number of Topliss-reactive ketones (excluding diaryl/α,β-unsaturated/α-hetero) is 1. The van der Waals surface area contributed by atoms with Crippen molar-refractivity contribution in [3.05, 3.63) is 29.7 Å². The average Bonchev–Trinajstić information content (AvgIpc) is 2.79. The fraction of sp³-hybridized carbons (Fsp3) is 0.357.